The van der Waals surface area contributed by atoms with Gasteiger partial charge in [-0.05, 0) is 43.2 Å². The molecule has 1 saturated heterocycles. The lowest BCUT2D eigenvalue weighted by atomic mass is 10.3. The summed E-state index contributed by atoms with van der Waals surface area (Å²) >= 11 is 1.48. The normalized spacial score (nSPS) is 17.1. The van der Waals surface area contributed by atoms with Crippen molar-refractivity contribution in [2.75, 3.05) is 24.2 Å². The summed E-state index contributed by atoms with van der Waals surface area (Å²) in [7, 11) is -2.30. The predicted octanol–water partition coefficient (Wildman–Crippen LogP) is 3.91. The molecule has 4 rings (SSSR count). The maximum Gasteiger partial charge on any atom is 0.262 e. The minimum Gasteiger partial charge on any atom is -0.495 e. The van der Waals surface area contributed by atoms with Gasteiger partial charge in [-0.15, -0.1) is 0 Å². The molecule has 0 amide bonds. The van der Waals surface area contributed by atoms with E-state index in [2.05, 4.69) is 9.71 Å². The number of thioether (sulfide) groups is 1. The summed E-state index contributed by atoms with van der Waals surface area (Å²) in [5.74, 6) is 1.22. The summed E-state index contributed by atoms with van der Waals surface area (Å²) in [4.78, 5) is 4.52. The number of oxazole rings is 1. The number of rotatable bonds is 7. The Balaban J connectivity index is 1.54. The fourth-order valence-corrected chi connectivity index (χ4v) is 4.98. The molecule has 1 aliphatic rings. The van der Waals surface area contributed by atoms with Crippen molar-refractivity contribution in [2.24, 2.45) is 0 Å². The third kappa shape index (κ3) is 4.11. The Labute approximate surface area is 167 Å². The Kier molecular flexibility index (Phi) is 5.47. The standard InChI is InChI=1S/C19H20N2O5S2/c1-24-17-7-3-2-6-15(17)21-28(22,23)14-8-9-18-16(11-14)20-19(26-18)27-12-13-5-4-10-25-13/h2-3,6-9,11,13,21H,4-5,10,12H2,1H3. The molecule has 0 bridgehead atoms. The van der Waals surface area contributed by atoms with Crippen molar-refractivity contribution < 1.29 is 22.3 Å². The van der Waals surface area contributed by atoms with Crippen molar-refractivity contribution in [3.8, 4) is 5.75 Å². The number of fused-ring (bicyclic) bond motifs is 1. The van der Waals surface area contributed by atoms with Gasteiger partial charge < -0.3 is 13.9 Å². The van der Waals surface area contributed by atoms with Crippen molar-refractivity contribution in [1.82, 2.24) is 4.98 Å². The van der Waals surface area contributed by atoms with Crippen LogP contribution in [0.15, 0.2) is 57.0 Å². The van der Waals surface area contributed by atoms with Crippen molar-refractivity contribution in [2.45, 2.75) is 29.1 Å². The van der Waals surface area contributed by atoms with Crippen LogP contribution in [0.3, 0.4) is 0 Å². The SMILES string of the molecule is COc1ccccc1NS(=O)(=O)c1ccc2oc(SCC3CCCO3)nc2c1. The number of ether oxygens (including phenoxy) is 2. The van der Waals surface area contributed by atoms with Crippen LogP contribution in [0.5, 0.6) is 5.75 Å². The zero-order valence-electron chi connectivity index (χ0n) is 15.3. The summed E-state index contributed by atoms with van der Waals surface area (Å²) in [6, 6.07) is 11.5. The van der Waals surface area contributed by atoms with E-state index in [0.29, 0.717) is 27.8 Å². The van der Waals surface area contributed by atoms with Gasteiger partial charge in [-0.1, -0.05) is 23.9 Å². The van der Waals surface area contributed by atoms with Crippen molar-refractivity contribution in [3.05, 3.63) is 42.5 Å². The minimum absolute atomic E-state index is 0.106. The highest BCUT2D eigenvalue weighted by Gasteiger charge is 2.20. The Morgan fingerprint density at radius 1 is 1.29 bits per heavy atom. The third-order valence-electron chi connectivity index (χ3n) is 4.42. The van der Waals surface area contributed by atoms with E-state index in [0.717, 1.165) is 25.2 Å². The molecule has 1 unspecified atom stereocenters. The molecule has 0 radical (unpaired) electrons. The van der Waals surface area contributed by atoms with Crippen LogP contribution in [0.1, 0.15) is 12.8 Å². The highest BCUT2D eigenvalue weighted by atomic mass is 32.2. The highest BCUT2D eigenvalue weighted by molar-refractivity contribution is 7.99. The van der Waals surface area contributed by atoms with Crippen LogP contribution < -0.4 is 9.46 Å². The van der Waals surface area contributed by atoms with E-state index in [-0.39, 0.29) is 11.0 Å². The quantitative estimate of drug-likeness (QED) is 0.580. The second-order valence-electron chi connectivity index (χ2n) is 6.36. The van der Waals surface area contributed by atoms with Crippen molar-refractivity contribution in [3.63, 3.8) is 0 Å². The Morgan fingerprint density at radius 3 is 2.93 bits per heavy atom. The lowest BCUT2D eigenvalue weighted by Crippen LogP contribution is -2.13. The maximum absolute atomic E-state index is 12.8. The molecule has 2 heterocycles. The van der Waals surface area contributed by atoms with E-state index in [1.165, 1.54) is 31.0 Å². The molecule has 1 fully saturated rings. The number of sulfonamides is 1. The molecule has 0 spiro atoms. The van der Waals surface area contributed by atoms with E-state index in [1.807, 2.05) is 0 Å². The molecule has 7 nitrogen and oxygen atoms in total. The van der Waals surface area contributed by atoms with Gasteiger partial charge >= 0.3 is 0 Å². The molecule has 2 aromatic carbocycles. The van der Waals surface area contributed by atoms with Crippen LogP contribution in [-0.2, 0) is 14.8 Å². The number of hydrogen-bond acceptors (Lipinski definition) is 7. The molecule has 0 saturated carbocycles. The van der Waals surface area contributed by atoms with Crippen molar-refractivity contribution in [1.29, 1.82) is 0 Å². The molecule has 28 heavy (non-hydrogen) atoms. The minimum atomic E-state index is -3.79. The summed E-state index contributed by atoms with van der Waals surface area (Å²) in [5.41, 5.74) is 1.42. The average molecular weight is 421 g/mol. The molecule has 0 aliphatic carbocycles. The first-order valence-corrected chi connectivity index (χ1v) is 11.3. The van der Waals surface area contributed by atoms with Gasteiger partial charge in [0.2, 0.25) is 0 Å². The van der Waals surface area contributed by atoms with Gasteiger partial charge in [-0.2, -0.15) is 0 Å². The van der Waals surface area contributed by atoms with Gasteiger partial charge in [0, 0.05) is 12.4 Å². The number of nitrogens with one attached hydrogen (secondary N) is 1. The number of anilines is 1. The fraction of sp³-hybridized carbons (Fsp3) is 0.316. The number of benzene rings is 2. The molecule has 1 aliphatic heterocycles. The summed E-state index contributed by atoms with van der Waals surface area (Å²) < 4.78 is 44.6. The lowest BCUT2D eigenvalue weighted by Gasteiger charge is -2.11. The molecule has 3 aromatic rings. The van der Waals surface area contributed by atoms with E-state index >= 15 is 0 Å². The fourth-order valence-electron chi connectivity index (χ4n) is 2.99. The topological polar surface area (TPSA) is 90.7 Å². The van der Waals surface area contributed by atoms with Crippen LogP contribution >= 0.6 is 11.8 Å². The zero-order chi connectivity index (χ0) is 19.6. The Morgan fingerprint density at radius 2 is 2.14 bits per heavy atom. The van der Waals surface area contributed by atoms with Crippen molar-refractivity contribution >= 4 is 38.6 Å². The molecule has 148 valence electrons. The van der Waals surface area contributed by atoms with E-state index in [1.54, 1.807) is 30.3 Å². The first-order valence-electron chi connectivity index (χ1n) is 8.86. The van der Waals surface area contributed by atoms with Crippen LogP contribution in [0.4, 0.5) is 5.69 Å². The number of methoxy groups -OCH3 is 1. The van der Waals surface area contributed by atoms with Gasteiger partial charge in [0.1, 0.15) is 11.3 Å². The highest BCUT2D eigenvalue weighted by Crippen LogP contribution is 2.30. The maximum atomic E-state index is 12.8. The van der Waals surface area contributed by atoms with Gasteiger partial charge in [0.15, 0.2) is 5.58 Å². The summed E-state index contributed by atoms with van der Waals surface area (Å²) in [6.07, 6.45) is 2.35. The molecule has 9 heteroatoms. The van der Waals surface area contributed by atoms with Crippen LogP contribution in [0.2, 0.25) is 0 Å². The zero-order valence-corrected chi connectivity index (χ0v) is 16.9. The predicted molar refractivity (Wildman–Crippen MR) is 108 cm³/mol. The monoisotopic (exact) mass is 420 g/mol. The first kappa shape index (κ1) is 19.1. The van der Waals surface area contributed by atoms with E-state index in [4.69, 9.17) is 13.9 Å². The van der Waals surface area contributed by atoms with Gasteiger partial charge in [0.25, 0.3) is 15.2 Å². The molecule has 1 aromatic heterocycles. The largest absolute Gasteiger partial charge is 0.495 e. The van der Waals surface area contributed by atoms with E-state index < -0.39 is 10.0 Å². The number of nitrogens with zero attached hydrogens (tertiary/aromatic N) is 1. The van der Waals surface area contributed by atoms with Crippen LogP contribution in [0.25, 0.3) is 11.1 Å². The number of hydrogen-bond donors (Lipinski definition) is 1. The lowest BCUT2D eigenvalue weighted by molar-refractivity contribution is 0.128. The van der Waals surface area contributed by atoms with Crippen LogP contribution in [0, 0.1) is 0 Å². The number of aromatic nitrogens is 1. The van der Waals surface area contributed by atoms with Gasteiger partial charge in [0.05, 0.1) is 23.8 Å². The second kappa shape index (κ2) is 8.02. The molecule has 1 atom stereocenters. The van der Waals surface area contributed by atoms with Gasteiger partial charge in [-0.25, -0.2) is 13.4 Å². The molecular formula is C19H20N2O5S2. The van der Waals surface area contributed by atoms with E-state index in [9.17, 15) is 8.42 Å². The molecular weight excluding hydrogens is 400 g/mol. The smallest absolute Gasteiger partial charge is 0.262 e. The first-order chi connectivity index (χ1) is 13.5. The Bertz CT molecular complexity index is 1070. The second-order valence-corrected chi connectivity index (χ2v) is 9.01. The summed E-state index contributed by atoms with van der Waals surface area (Å²) in [5, 5.41) is 0.512. The summed E-state index contributed by atoms with van der Waals surface area (Å²) in [6.45, 7) is 0.805. The molecule has 1 N–H and O–H groups in total. The average Bonchev–Trinajstić information content (AvgIpc) is 3.35. The third-order valence-corrected chi connectivity index (χ3v) is 6.74. The number of para-hydroxylation sites is 2. The van der Waals surface area contributed by atoms with Gasteiger partial charge in [-0.3, -0.25) is 4.72 Å². The van der Waals surface area contributed by atoms with Crippen LogP contribution in [-0.4, -0.2) is 39.0 Å². The Hall–Kier alpha value is -2.23.